The Labute approximate surface area is 147 Å². The number of thioether (sulfide) groups is 1. The molecule has 0 saturated carbocycles. The molecule has 0 fully saturated rings. The third-order valence-electron chi connectivity index (χ3n) is 3.91. The average Bonchev–Trinajstić information content (AvgIpc) is 3.06. The van der Waals surface area contributed by atoms with Crippen LogP contribution in [-0.2, 0) is 11.8 Å². The maximum atomic E-state index is 12.4. The van der Waals surface area contributed by atoms with Gasteiger partial charge in [0, 0.05) is 20.6 Å². The lowest BCUT2D eigenvalue weighted by atomic mass is 10.2. The van der Waals surface area contributed by atoms with Crippen LogP contribution < -0.4 is 5.56 Å². The van der Waals surface area contributed by atoms with Crippen molar-refractivity contribution in [3.63, 3.8) is 0 Å². The summed E-state index contributed by atoms with van der Waals surface area (Å²) in [6.07, 6.45) is 0.299. The highest BCUT2D eigenvalue weighted by molar-refractivity contribution is 7.99. The molecule has 2 heterocycles. The van der Waals surface area contributed by atoms with E-state index in [0.29, 0.717) is 34.8 Å². The number of hydrogen-bond acceptors (Lipinski definition) is 6. The van der Waals surface area contributed by atoms with Crippen molar-refractivity contribution >= 4 is 34.3 Å². The summed E-state index contributed by atoms with van der Waals surface area (Å²) in [4.78, 5) is 26.1. The maximum Gasteiger partial charge on any atom is 0.262 e. The van der Waals surface area contributed by atoms with E-state index in [-0.39, 0.29) is 17.2 Å². The van der Waals surface area contributed by atoms with Crippen molar-refractivity contribution in [2.75, 3.05) is 19.3 Å². The Morgan fingerprint density at radius 2 is 2.12 bits per heavy atom. The lowest BCUT2D eigenvalue weighted by Crippen LogP contribution is -2.29. The lowest BCUT2D eigenvalue weighted by Gasteiger charge is -2.14. The van der Waals surface area contributed by atoms with Crippen LogP contribution in [0.1, 0.15) is 6.42 Å². The van der Waals surface area contributed by atoms with Gasteiger partial charge in [-0.15, -0.1) is 10.2 Å². The largest absolute Gasteiger partial charge is 0.344 e. The van der Waals surface area contributed by atoms with Crippen molar-refractivity contribution in [2.24, 2.45) is 7.05 Å². The van der Waals surface area contributed by atoms with E-state index in [0.717, 1.165) is 0 Å². The van der Waals surface area contributed by atoms with Gasteiger partial charge in [-0.25, -0.2) is 0 Å². The minimum Gasteiger partial charge on any atom is -0.344 e. The van der Waals surface area contributed by atoms with Gasteiger partial charge in [0.1, 0.15) is 0 Å². The van der Waals surface area contributed by atoms with Crippen LogP contribution in [0.2, 0.25) is 0 Å². The van der Waals surface area contributed by atoms with E-state index in [1.165, 1.54) is 21.2 Å². The number of carbonyl (C=O) groups is 1. The van der Waals surface area contributed by atoms with Crippen molar-refractivity contribution in [1.82, 2.24) is 24.1 Å². The Balaban J connectivity index is 1.95. The van der Waals surface area contributed by atoms with Crippen LogP contribution in [0.5, 0.6) is 0 Å². The molecule has 0 aliphatic heterocycles. The number of nitrogens with zero attached hydrogens (tertiary/aromatic N) is 6. The van der Waals surface area contributed by atoms with E-state index in [4.69, 9.17) is 5.26 Å². The standard InChI is InChI=1S/C16H16N6O2S/c1-20(9-5-8-17)13(23)10-25-16-19-18-15-21(2)14(24)11-6-3-4-7-12(11)22(15)16/h3-4,6-7H,5,9-10H2,1-2H3. The maximum absolute atomic E-state index is 12.4. The first-order chi connectivity index (χ1) is 12.0. The lowest BCUT2D eigenvalue weighted by molar-refractivity contribution is -0.127. The first-order valence-corrected chi connectivity index (χ1v) is 8.59. The number of para-hydroxylation sites is 1. The van der Waals surface area contributed by atoms with Gasteiger partial charge in [0.2, 0.25) is 11.7 Å². The molecule has 25 heavy (non-hydrogen) atoms. The van der Waals surface area contributed by atoms with Gasteiger partial charge in [0.05, 0.1) is 29.1 Å². The zero-order valence-electron chi connectivity index (χ0n) is 13.8. The van der Waals surface area contributed by atoms with Gasteiger partial charge in [-0.1, -0.05) is 23.9 Å². The average molecular weight is 356 g/mol. The van der Waals surface area contributed by atoms with Crippen molar-refractivity contribution < 1.29 is 4.79 Å². The summed E-state index contributed by atoms with van der Waals surface area (Å²) in [7, 11) is 3.31. The second kappa shape index (κ2) is 6.94. The zero-order chi connectivity index (χ0) is 18.0. The third-order valence-corrected chi connectivity index (χ3v) is 4.82. The fourth-order valence-corrected chi connectivity index (χ4v) is 3.36. The molecule has 128 valence electrons. The number of carbonyl (C=O) groups excluding carboxylic acids is 1. The van der Waals surface area contributed by atoms with Gasteiger partial charge in [0.25, 0.3) is 5.56 Å². The van der Waals surface area contributed by atoms with E-state index >= 15 is 0 Å². The molecule has 0 N–H and O–H groups in total. The Morgan fingerprint density at radius 3 is 2.88 bits per heavy atom. The second-order valence-corrected chi connectivity index (χ2v) is 6.45. The number of amides is 1. The van der Waals surface area contributed by atoms with Crippen LogP contribution in [0.4, 0.5) is 0 Å². The van der Waals surface area contributed by atoms with Crippen LogP contribution in [-0.4, -0.2) is 49.3 Å². The summed E-state index contributed by atoms with van der Waals surface area (Å²) in [5.74, 6) is 0.516. The van der Waals surface area contributed by atoms with Gasteiger partial charge in [-0.05, 0) is 12.1 Å². The molecule has 8 nitrogen and oxygen atoms in total. The molecule has 0 saturated heterocycles. The second-order valence-electron chi connectivity index (χ2n) is 5.51. The SMILES string of the molecule is CN(CCC#N)C(=O)CSc1nnc2n(C)c(=O)c3ccccc3n12. The van der Waals surface area contributed by atoms with Crippen LogP contribution in [0.25, 0.3) is 16.7 Å². The third kappa shape index (κ3) is 3.08. The molecular formula is C16H16N6O2S. The van der Waals surface area contributed by atoms with E-state index < -0.39 is 0 Å². The van der Waals surface area contributed by atoms with Gasteiger partial charge in [-0.2, -0.15) is 5.26 Å². The highest BCUT2D eigenvalue weighted by atomic mass is 32.2. The Kier molecular flexibility index (Phi) is 4.72. The zero-order valence-corrected chi connectivity index (χ0v) is 14.7. The topological polar surface area (TPSA) is 96.3 Å². The molecule has 0 unspecified atom stereocenters. The number of aryl methyl sites for hydroxylation is 1. The minimum atomic E-state index is -0.139. The predicted octanol–water partition coefficient (Wildman–Crippen LogP) is 1.05. The van der Waals surface area contributed by atoms with Crippen LogP contribution in [0, 0.1) is 11.3 Å². The summed E-state index contributed by atoms with van der Waals surface area (Å²) < 4.78 is 3.23. The molecule has 0 spiro atoms. The quantitative estimate of drug-likeness (QED) is 0.634. The molecule has 2 aromatic heterocycles. The molecule has 0 aliphatic rings. The van der Waals surface area contributed by atoms with Crippen LogP contribution >= 0.6 is 11.8 Å². The van der Waals surface area contributed by atoms with Crippen LogP contribution in [0.15, 0.2) is 34.2 Å². The molecule has 0 aliphatic carbocycles. The van der Waals surface area contributed by atoms with Crippen molar-refractivity contribution in [3.8, 4) is 6.07 Å². The van der Waals surface area contributed by atoms with E-state index in [2.05, 4.69) is 10.2 Å². The molecule has 3 rings (SSSR count). The summed E-state index contributed by atoms with van der Waals surface area (Å²) in [5, 5.41) is 17.9. The van der Waals surface area contributed by atoms with E-state index in [1.54, 1.807) is 30.6 Å². The summed E-state index contributed by atoms with van der Waals surface area (Å²) in [5.41, 5.74) is 0.567. The fraction of sp³-hybridized carbons (Fsp3) is 0.312. The van der Waals surface area contributed by atoms with Gasteiger partial charge < -0.3 is 4.90 Å². The minimum absolute atomic E-state index is 0.0916. The van der Waals surface area contributed by atoms with Crippen LogP contribution in [0.3, 0.4) is 0 Å². The molecule has 9 heteroatoms. The smallest absolute Gasteiger partial charge is 0.262 e. The molecule has 1 aromatic carbocycles. The molecule has 0 radical (unpaired) electrons. The summed E-state index contributed by atoms with van der Waals surface area (Å²) in [6, 6.07) is 9.26. The number of hydrogen-bond donors (Lipinski definition) is 0. The molecular weight excluding hydrogens is 340 g/mol. The van der Waals surface area contributed by atoms with E-state index in [9.17, 15) is 9.59 Å². The Morgan fingerprint density at radius 1 is 1.36 bits per heavy atom. The number of fused-ring (bicyclic) bond motifs is 3. The van der Waals surface area contributed by atoms with Crippen molar-refractivity contribution in [2.45, 2.75) is 11.6 Å². The summed E-state index contributed by atoms with van der Waals surface area (Å²) >= 11 is 1.26. The fourth-order valence-electron chi connectivity index (χ4n) is 2.48. The van der Waals surface area contributed by atoms with Crippen molar-refractivity contribution in [3.05, 3.63) is 34.6 Å². The number of aromatic nitrogens is 4. The molecule has 0 bridgehead atoms. The molecule has 0 atom stereocenters. The highest BCUT2D eigenvalue weighted by Gasteiger charge is 2.16. The number of nitriles is 1. The number of benzene rings is 1. The Hall–Kier alpha value is -2.86. The van der Waals surface area contributed by atoms with Gasteiger partial charge >= 0.3 is 0 Å². The van der Waals surface area contributed by atoms with E-state index in [1.807, 2.05) is 18.2 Å². The summed E-state index contributed by atoms with van der Waals surface area (Å²) in [6.45, 7) is 0.397. The Bertz CT molecular complexity index is 1050. The van der Waals surface area contributed by atoms with Crippen molar-refractivity contribution in [1.29, 1.82) is 5.26 Å². The highest BCUT2D eigenvalue weighted by Crippen LogP contribution is 2.21. The first-order valence-electron chi connectivity index (χ1n) is 7.61. The first kappa shape index (κ1) is 17.0. The molecule has 1 amide bonds. The van der Waals surface area contributed by atoms with Gasteiger partial charge in [-0.3, -0.25) is 18.6 Å². The monoisotopic (exact) mass is 356 g/mol. The number of rotatable bonds is 5. The predicted molar refractivity (Wildman–Crippen MR) is 94.3 cm³/mol. The van der Waals surface area contributed by atoms with Gasteiger partial charge in [0.15, 0.2) is 5.16 Å². The normalized spacial score (nSPS) is 10.9. The molecule has 3 aromatic rings.